The first kappa shape index (κ1) is 12.9. The van der Waals surface area contributed by atoms with Gasteiger partial charge in [0.2, 0.25) is 5.91 Å². The third kappa shape index (κ3) is 2.93. The van der Waals surface area contributed by atoms with Gasteiger partial charge < -0.3 is 9.80 Å². The van der Waals surface area contributed by atoms with Crippen LogP contribution in [0.5, 0.6) is 0 Å². The van der Waals surface area contributed by atoms with Gasteiger partial charge in [-0.15, -0.1) is 0 Å². The fraction of sp³-hybridized carbons (Fsp3) is 0.444. The van der Waals surface area contributed by atoms with Crippen molar-refractivity contribution in [2.45, 2.75) is 0 Å². The molecule has 1 heterocycles. The summed E-state index contributed by atoms with van der Waals surface area (Å²) in [5, 5.41) is 0.737. The smallest absolute Gasteiger partial charge is 0.241 e. The topological polar surface area (TPSA) is 53.5 Å². The number of nitrogens with zero attached hydrogens (tertiary/aromatic N) is 3. The summed E-state index contributed by atoms with van der Waals surface area (Å²) in [6.07, 6.45) is 0.658. The second-order valence-corrected chi connectivity index (χ2v) is 4.78. The van der Waals surface area contributed by atoms with E-state index < -0.39 is 0 Å². The van der Waals surface area contributed by atoms with Crippen molar-refractivity contribution in [2.75, 3.05) is 32.6 Å². The van der Waals surface area contributed by atoms with Crippen LogP contribution in [0.3, 0.4) is 0 Å². The molecule has 7 heteroatoms. The van der Waals surface area contributed by atoms with E-state index in [1.807, 2.05) is 0 Å². The first-order chi connectivity index (χ1) is 7.45. The van der Waals surface area contributed by atoms with Gasteiger partial charge in [-0.1, -0.05) is 22.9 Å². The monoisotopic (exact) mass is 261 g/mol. The number of aromatic nitrogens is 1. The van der Waals surface area contributed by atoms with E-state index in [1.54, 1.807) is 26.0 Å². The highest BCUT2D eigenvalue weighted by Crippen LogP contribution is 2.27. The highest BCUT2D eigenvalue weighted by molar-refractivity contribution is 7.17. The second kappa shape index (κ2) is 5.27. The number of aldehydes is 1. The third-order valence-corrected chi connectivity index (χ3v) is 3.40. The molecule has 0 aliphatic heterocycles. The fourth-order valence-corrected chi connectivity index (χ4v) is 1.97. The molecule has 1 aromatic rings. The molecule has 0 N–H and O–H groups in total. The van der Waals surface area contributed by atoms with Gasteiger partial charge in [-0.2, -0.15) is 0 Å². The fourth-order valence-electron chi connectivity index (χ4n) is 0.950. The number of thiazole rings is 1. The minimum absolute atomic E-state index is 0.0403. The van der Waals surface area contributed by atoms with E-state index in [4.69, 9.17) is 11.6 Å². The molecule has 0 fully saturated rings. The summed E-state index contributed by atoms with van der Waals surface area (Å²) in [7, 11) is 5.09. The normalized spacial score (nSPS) is 10.0. The van der Waals surface area contributed by atoms with Crippen LogP contribution in [0.2, 0.25) is 5.15 Å². The predicted molar refractivity (Wildman–Crippen MR) is 64.5 cm³/mol. The lowest BCUT2D eigenvalue weighted by Gasteiger charge is -2.17. The third-order valence-electron chi connectivity index (χ3n) is 1.90. The van der Waals surface area contributed by atoms with Crippen LogP contribution in [0.1, 0.15) is 9.67 Å². The molecule has 0 aliphatic carbocycles. The lowest BCUT2D eigenvalue weighted by molar-refractivity contribution is -0.127. The Morgan fingerprint density at radius 2 is 2.12 bits per heavy atom. The Morgan fingerprint density at radius 3 is 2.56 bits per heavy atom. The number of hydrogen-bond acceptors (Lipinski definition) is 5. The number of carbonyl (C=O) groups is 2. The summed E-state index contributed by atoms with van der Waals surface area (Å²) in [4.78, 5) is 29.6. The average molecular weight is 262 g/mol. The molecular weight excluding hydrogens is 250 g/mol. The zero-order valence-electron chi connectivity index (χ0n) is 9.23. The largest absolute Gasteiger partial charge is 0.347 e. The Kier molecular flexibility index (Phi) is 4.26. The molecule has 0 saturated heterocycles. The van der Waals surface area contributed by atoms with Crippen LogP contribution in [-0.2, 0) is 4.79 Å². The van der Waals surface area contributed by atoms with Gasteiger partial charge in [0.1, 0.15) is 4.88 Å². The number of likely N-dealkylation sites (N-methyl/N-ethyl adjacent to an activating group) is 2. The Bertz CT molecular complexity index is 405. The maximum Gasteiger partial charge on any atom is 0.241 e. The van der Waals surface area contributed by atoms with Crippen molar-refractivity contribution in [3.63, 3.8) is 0 Å². The first-order valence-electron chi connectivity index (χ1n) is 4.48. The van der Waals surface area contributed by atoms with E-state index in [0.29, 0.717) is 16.3 Å². The standard InChI is InChI=1S/C9H12ClN3O2S/c1-12(2)7(15)4-13(3)9-11-8(10)6(5-14)16-9/h5H,4H2,1-3H3. The number of hydrogen-bond donors (Lipinski definition) is 0. The maximum atomic E-state index is 11.4. The van der Waals surface area contributed by atoms with Gasteiger partial charge >= 0.3 is 0 Å². The van der Waals surface area contributed by atoms with E-state index in [1.165, 1.54) is 16.2 Å². The highest BCUT2D eigenvalue weighted by Gasteiger charge is 2.15. The van der Waals surface area contributed by atoms with Crippen LogP contribution >= 0.6 is 22.9 Å². The molecule has 0 aliphatic rings. The Labute approximate surface area is 103 Å². The maximum absolute atomic E-state index is 11.4. The molecule has 88 valence electrons. The lowest BCUT2D eigenvalue weighted by Crippen LogP contribution is -2.34. The lowest BCUT2D eigenvalue weighted by atomic mass is 10.5. The van der Waals surface area contributed by atoms with E-state index in [2.05, 4.69) is 4.98 Å². The quantitative estimate of drug-likeness (QED) is 0.763. The van der Waals surface area contributed by atoms with Gasteiger partial charge in [-0.3, -0.25) is 9.59 Å². The van der Waals surface area contributed by atoms with Gasteiger partial charge in [-0.05, 0) is 0 Å². The molecule has 0 saturated carbocycles. The summed E-state index contributed by atoms with van der Waals surface area (Å²) in [5.74, 6) is -0.0403. The molecule has 0 bridgehead atoms. The van der Waals surface area contributed by atoms with Crippen molar-refractivity contribution in [3.8, 4) is 0 Å². The van der Waals surface area contributed by atoms with Crippen molar-refractivity contribution in [1.29, 1.82) is 0 Å². The van der Waals surface area contributed by atoms with E-state index >= 15 is 0 Å². The number of anilines is 1. The molecule has 1 amide bonds. The van der Waals surface area contributed by atoms with Crippen LogP contribution in [-0.4, -0.2) is 49.8 Å². The zero-order chi connectivity index (χ0) is 12.3. The Balaban J connectivity index is 2.76. The van der Waals surface area contributed by atoms with Gasteiger partial charge in [0.05, 0.1) is 6.54 Å². The second-order valence-electron chi connectivity index (χ2n) is 3.41. The van der Waals surface area contributed by atoms with Crippen LogP contribution in [0.15, 0.2) is 0 Å². The molecule has 0 aromatic carbocycles. The predicted octanol–water partition coefficient (Wildman–Crippen LogP) is 1.13. The summed E-state index contributed by atoms with van der Waals surface area (Å²) < 4.78 is 0. The molecule has 0 unspecified atom stereocenters. The van der Waals surface area contributed by atoms with E-state index in [9.17, 15) is 9.59 Å². The van der Waals surface area contributed by atoms with Gasteiger partial charge in [-0.25, -0.2) is 4.98 Å². The van der Waals surface area contributed by atoms with Crippen molar-refractivity contribution in [2.24, 2.45) is 0 Å². The SMILES string of the molecule is CN(C)C(=O)CN(C)c1nc(Cl)c(C=O)s1. The Morgan fingerprint density at radius 1 is 1.50 bits per heavy atom. The molecule has 1 rings (SSSR count). The summed E-state index contributed by atoms with van der Waals surface area (Å²) in [6.45, 7) is 0.204. The zero-order valence-corrected chi connectivity index (χ0v) is 10.8. The van der Waals surface area contributed by atoms with Crippen LogP contribution < -0.4 is 4.90 Å². The highest BCUT2D eigenvalue weighted by atomic mass is 35.5. The molecule has 0 atom stereocenters. The molecule has 0 spiro atoms. The van der Waals surface area contributed by atoms with Gasteiger partial charge in [0.25, 0.3) is 0 Å². The Hall–Kier alpha value is -1.14. The minimum Gasteiger partial charge on any atom is -0.347 e. The molecule has 16 heavy (non-hydrogen) atoms. The van der Waals surface area contributed by atoms with Gasteiger partial charge in [0, 0.05) is 21.1 Å². The minimum atomic E-state index is -0.0403. The molecule has 0 radical (unpaired) electrons. The average Bonchev–Trinajstić information content (AvgIpc) is 2.59. The van der Waals surface area contributed by atoms with E-state index in [-0.39, 0.29) is 17.6 Å². The van der Waals surface area contributed by atoms with Crippen LogP contribution in [0, 0.1) is 0 Å². The summed E-state index contributed by atoms with van der Waals surface area (Å²) >= 11 is 6.90. The van der Waals surface area contributed by atoms with Crippen molar-refractivity contribution in [1.82, 2.24) is 9.88 Å². The van der Waals surface area contributed by atoms with Crippen LogP contribution in [0.4, 0.5) is 5.13 Å². The van der Waals surface area contributed by atoms with E-state index in [0.717, 1.165) is 0 Å². The molecule has 1 aromatic heterocycles. The molecular formula is C9H12ClN3O2S. The van der Waals surface area contributed by atoms with Crippen molar-refractivity contribution >= 4 is 40.3 Å². The first-order valence-corrected chi connectivity index (χ1v) is 5.68. The summed E-state index contributed by atoms with van der Waals surface area (Å²) in [5.41, 5.74) is 0. The van der Waals surface area contributed by atoms with Crippen molar-refractivity contribution in [3.05, 3.63) is 10.0 Å². The molecule has 5 nitrogen and oxygen atoms in total. The van der Waals surface area contributed by atoms with Crippen LogP contribution in [0.25, 0.3) is 0 Å². The number of rotatable bonds is 4. The number of carbonyl (C=O) groups excluding carboxylic acids is 2. The number of halogens is 1. The summed E-state index contributed by atoms with van der Waals surface area (Å²) in [6, 6.07) is 0. The van der Waals surface area contributed by atoms with Crippen molar-refractivity contribution < 1.29 is 9.59 Å². The number of amides is 1. The van der Waals surface area contributed by atoms with Gasteiger partial charge in [0.15, 0.2) is 16.6 Å².